The lowest BCUT2D eigenvalue weighted by Crippen LogP contribution is -2.45. The van der Waals surface area contributed by atoms with Gasteiger partial charge in [0.25, 0.3) is 0 Å². The van der Waals surface area contributed by atoms with Gasteiger partial charge >= 0.3 is 0 Å². The van der Waals surface area contributed by atoms with Crippen molar-refractivity contribution in [3.8, 4) is 0 Å². The van der Waals surface area contributed by atoms with Crippen LogP contribution in [-0.4, -0.2) is 29.9 Å². The molecule has 2 fully saturated rings. The number of likely N-dealkylation sites (tertiary alicyclic amines) is 1. The largest absolute Gasteiger partial charge is 0.342 e. The van der Waals surface area contributed by atoms with E-state index < -0.39 is 0 Å². The quantitative estimate of drug-likeness (QED) is 0.928. The van der Waals surface area contributed by atoms with Gasteiger partial charge in [-0.2, -0.15) is 0 Å². The number of rotatable bonds is 3. The van der Waals surface area contributed by atoms with Crippen LogP contribution in [0.25, 0.3) is 0 Å². The molecule has 1 saturated carbocycles. The summed E-state index contributed by atoms with van der Waals surface area (Å²) in [7, 11) is 0. The third-order valence-corrected chi connectivity index (χ3v) is 5.32. The van der Waals surface area contributed by atoms with Crippen LogP contribution in [0.3, 0.4) is 0 Å². The number of nitrogens with two attached hydrogens (primary N) is 1. The van der Waals surface area contributed by atoms with Gasteiger partial charge < -0.3 is 10.6 Å². The van der Waals surface area contributed by atoms with Gasteiger partial charge in [-0.25, -0.2) is 4.39 Å². The minimum atomic E-state index is -0.306. The molecule has 3 nitrogen and oxygen atoms in total. The van der Waals surface area contributed by atoms with E-state index in [0.29, 0.717) is 22.9 Å². The van der Waals surface area contributed by atoms with Crippen molar-refractivity contribution in [3.05, 3.63) is 34.6 Å². The maximum atomic E-state index is 14.0. The summed E-state index contributed by atoms with van der Waals surface area (Å²) in [4.78, 5) is 14.6. The lowest BCUT2D eigenvalue weighted by atomic mass is 9.92. The van der Waals surface area contributed by atoms with Gasteiger partial charge in [-0.15, -0.1) is 0 Å². The third kappa shape index (κ3) is 2.99. The van der Waals surface area contributed by atoms with Gasteiger partial charge in [0.15, 0.2) is 0 Å². The topological polar surface area (TPSA) is 46.3 Å². The van der Waals surface area contributed by atoms with Gasteiger partial charge in [0, 0.05) is 41.6 Å². The summed E-state index contributed by atoms with van der Waals surface area (Å²) >= 11 is 6.10. The van der Waals surface area contributed by atoms with E-state index in [0.717, 1.165) is 25.9 Å². The van der Waals surface area contributed by atoms with Gasteiger partial charge in [-0.3, -0.25) is 4.79 Å². The van der Waals surface area contributed by atoms with Crippen LogP contribution in [0.1, 0.15) is 37.7 Å². The first-order chi connectivity index (χ1) is 10.5. The maximum absolute atomic E-state index is 14.0. The predicted molar refractivity (Wildman–Crippen MR) is 85.2 cm³/mol. The molecule has 4 atom stereocenters. The van der Waals surface area contributed by atoms with Crippen molar-refractivity contribution in [2.75, 3.05) is 13.1 Å². The molecule has 0 aromatic heterocycles. The molecule has 1 aromatic rings. The van der Waals surface area contributed by atoms with Crippen LogP contribution in [0.4, 0.5) is 4.39 Å². The molecule has 3 rings (SSSR count). The second-order valence-corrected chi connectivity index (χ2v) is 7.04. The highest BCUT2D eigenvalue weighted by Gasteiger charge is 2.48. The van der Waals surface area contributed by atoms with E-state index in [1.165, 1.54) is 6.07 Å². The van der Waals surface area contributed by atoms with Gasteiger partial charge in [-0.1, -0.05) is 17.7 Å². The smallest absolute Gasteiger partial charge is 0.226 e. The van der Waals surface area contributed by atoms with Crippen molar-refractivity contribution < 1.29 is 9.18 Å². The standard InChI is InChI=1S/C17H22ClFN2O/c1-10(20)11-4-3-7-21(9-11)17(22)13-8-12(13)16-14(18)5-2-6-15(16)19/h2,5-6,10-13H,3-4,7-9,20H2,1H3. The predicted octanol–water partition coefficient (Wildman–Crippen LogP) is 3.17. The van der Waals surface area contributed by atoms with Gasteiger partial charge in [0.1, 0.15) is 5.82 Å². The third-order valence-electron chi connectivity index (χ3n) is 4.99. The van der Waals surface area contributed by atoms with Crippen molar-refractivity contribution in [3.63, 3.8) is 0 Å². The number of halogens is 2. The van der Waals surface area contributed by atoms with E-state index in [-0.39, 0.29) is 29.6 Å². The Kier molecular flexibility index (Phi) is 4.42. The molecule has 1 heterocycles. The Hall–Kier alpha value is -1.13. The second kappa shape index (κ2) is 6.17. The molecule has 0 spiro atoms. The molecule has 4 unspecified atom stereocenters. The Balaban J connectivity index is 1.68. The molecular weight excluding hydrogens is 303 g/mol. The number of amides is 1. The number of carbonyl (C=O) groups is 1. The summed E-state index contributed by atoms with van der Waals surface area (Å²) < 4.78 is 14.0. The molecule has 5 heteroatoms. The zero-order chi connectivity index (χ0) is 15.9. The summed E-state index contributed by atoms with van der Waals surface area (Å²) in [6.07, 6.45) is 2.77. The Morgan fingerprint density at radius 3 is 2.95 bits per heavy atom. The van der Waals surface area contributed by atoms with Crippen LogP contribution >= 0.6 is 11.6 Å². The highest BCUT2D eigenvalue weighted by Crippen LogP contribution is 2.51. The normalized spacial score (nSPS) is 29.3. The number of benzene rings is 1. The molecule has 2 aliphatic rings. The molecule has 0 bridgehead atoms. The lowest BCUT2D eigenvalue weighted by Gasteiger charge is -2.35. The van der Waals surface area contributed by atoms with Crippen LogP contribution in [0.15, 0.2) is 18.2 Å². The molecule has 1 aliphatic carbocycles. The van der Waals surface area contributed by atoms with Crippen molar-refractivity contribution in [2.24, 2.45) is 17.6 Å². The summed E-state index contributed by atoms with van der Waals surface area (Å²) in [5.41, 5.74) is 6.48. The molecule has 1 amide bonds. The van der Waals surface area contributed by atoms with Crippen LogP contribution in [0.5, 0.6) is 0 Å². The molecule has 120 valence electrons. The molecule has 0 radical (unpaired) electrons. The Bertz CT molecular complexity index is 558. The van der Waals surface area contributed by atoms with E-state index in [1.54, 1.807) is 12.1 Å². The number of hydrogen-bond acceptors (Lipinski definition) is 2. The zero-order valence-electron chi connectivity index (χ0n) is 12.8. The average Bonchev–Trinajstić information content (AvgIpc) is 3.26. The SMILES string of the molecule is CC(N)C1CCCN(C(=O)C2CC2c2c(F)cccc2Cl)C1. The van der Waals surface area contributed by atoms with E-state index in [2.05, 4.69) is 0 Å². The number of piperidine rings is 1. The molecular formula is C17H22ClFN2O. The highest BCUT2D eigenvalue weighted by atomic mass is 35.5. The fourth-order valence-corrected chi connectivity index (χ4v) is 3.83. The molecule has 2 N–H and O–H groups in total. The molecule has 1 aromatic carbocycles. The van der Waals surface area contributed by atoms with Crippen LogP contribution in [-0.2, 0) is 4.79 Å². The average molecular weight is 325 g/mol. The minimum Gasteiger partial charge on any atom is -0.342 e. The molecule has 22 heavy (non-hydrogen) atoms. The summed E-state index contributed by atoms with van der Waals surface area (Å²) in [5.74, 6) is -0.000345. The first kappa shape index (κ1) is 15.8. The van der Waals surface area contributed by atoms with Gasteiger partial charge in [-0.05, 0) is 44.2 Å². The number of hydrogen-bond donors (Lipinski definition) is 1. The Morgan fingerprint density at radius 1 is 1.50 bits per heavy atom. The van der Waals surface area contributed by atoms with Gasteiger partial charge in [0.05, 0.1) is 0 Å². The first-order valence-electron chi connectivity index (χ1n) is 7.97. The van der Waals surface area contributed by atoms with Crippen LogP contribution < -0.4 is 5.73 Å². The first-order valence-corrected chi connectivity index (χ1v) is 8.35. The minimum absolute atomic E-state index is 0.0723. The van der Waals surface area contributed by atoms with Crippen molar-refractivity contribution in [1.29, 1.82) is 0 Å². The number of carbonyl (C=O) groups excluding carboxylic acids is 1. The van der Waals surface area contributed by atoms with Crippen LogP contribution in [0.2, 0.25) is 5.02 Å². The lowest BCUT2D eigenvalue weighted by molar-refractivity contribution is -0.134. The highest BCUT2D eigenvalue weighted by molar-refractivity contribution is 6.31. The monoisotopic (exact) mass is 324 g/mol. The summed E-state index contributed by atoms with van der Waals surface area (Å²) in [6.45, 7) is 3.51. The Labute approximate surface area is 135 Å². The fourth-order valence-electron chi connectivity index (χ4n) is 3.53. The zero-order valence-corrected chi connectivity index (χ0v) is 13.5. The van der Waals surface area contributed by atoms with E-state index in [4.69, 9.17) is 17.3 Å². The number of nitrogens with zero attached hydrogens (tertiary/aromatic N) is 1. The van der Waals surface area contributed by atoms with Crippen molar-refractivity contribution in [2.45, 2.75) is 38.1 Å². The Morgan fingerprint density at radius 2 is 2.27 bits per heavy atom. The molecule has 1 saturated heterocycles. The maximum Gasteiger partial charge on any atom is 0.226 e. The second-order valence-electron chi connectivity index (χ2n) is 6.63. The summed E-state index contributed by atoms with van der Waals surface area (Å²) in [6, 6.07) is 4.80. The van der Waals surface area contributed by atoms with E-state index in [1.807, 2.05) is 11.8 Å². The van der Waals surface area contributed by atoms with Gasteiger partial charge in [0.2, 0.25) is 5.91 Å². The summed E-state index contributed by atoms with van der Waals surface area (Å²) in [5, 5.41) is 0.424. The molecule has 1 aliphatic heterocycles. The van der Waals surface area contributed by atoms with Crippen LogP contribution in [0, 0.1) is 17.7 Å². The van der Waals surface area contributed by atoms with Crippen molar-refractivity contribution >= 4 is 17.5 Å². The van der Waals surface area contributed by atoms with E-state index >= 15 is 0 Å². The van der Waals surface area contributed by atoms with E-state index in [9.17, 15) is 9.18 Å². The fraction of sp³-hybridized carbons (Fsp3) is 0.588. The van der Waals surface area contributed by atoms with Crippen molar-refractivity contribution in [1.82, 2.24) is 4.90 Å².